The number of rotatable bonds is 8. The molecular formula is C23H34N2O. The van der Waals surface area contributed by atoms with Crippen molar-refractivity contribution < 1.29 is 4.74 Å². The zero-order valence-electron chi connectivity index (χ0n) is 16.4. The Morgan fingerprint density at radius 1 is 1.19 bits per heavy atom. The van der Waals surface area contributed by atoms with Gasteiger partial charge in [-0.1, -0.05) is 61.3 Å². The van der Waals surface area contributed by atoms with E-state index in [1.807, 2.05) is 24.3 Å². The van der Waals surface area contributed by atoms with E-state index in [0.717, 1.165) is 32.7 Å². The van der Waals surface area contributed by atoms with Crippen LogP contribution < -0.4 is 0 Å². The predicted molar refractivity (Wildman–Crippen MR) is 112 cm³/mol. The van der Waals surface area contributed by atoms with Gasteiger partial charge in [-0.05, 0) is 32.8 Å². The Kier molecular flexibility index (Phi) is 8.66. The molecule has 0 aromatic carbocycles. The molecule has 2 unspecified atom stereocenters. The van der Waals surface area contributed by atoms with Crippen LogP contribution in [0.25, 0.3) is 0 Å². The quantitative estimate of drug-likeness (QED) is 0.588. The van der Waals surface area contributed by atoms with Gasteiger partial charge in [-0.2, -0.15) is 0 Å². The van der Waals surface area contributed by atoms with Crippen LogP contribution in [0.2, 0.25) is 0 Å². The van der Waals surface area contributed by atoms with E-state index in [9.17, 15) is 0 Å². The Morgan fingerprint density at radius 2 is 2.00 bits per heavy atom. The standard InChI is InChI=1S/C23H34N2O/c1-5-8-10-11-20(4)13-15-24-16-14-23-21(17-24)18-26-19-25(23)22(7-3)12-9-6-2/h5-12,21,23H,1-2,13-19H2,3-4H3/b10-8-,12-9-,20-11+,22-7+. The lowest BCUT2D eigenvalue weighted by Crippen LogP contribution is -2.55. The number of ether oxygens (including phenoxy) is 1. The first-order valence-corrected chi connectivity index (χ1v) is 9.66. The minimum Gasteiger partial charge on any atom is -0.361 e. The van der Waals surface area contributed by atoms with Crippen molar-refractivity contribution in [1.82, 2.24) is 9.80 Å². The van der Waals surface area contributed by atoms with Gasteiger partial charge in [0.15, 0.2) is 0 Å². The highest BCUT2D eigenvalue weighted by molar-refractivity contribution is 5.21. The van der Waals surface area contributed by atoms with Gasteiger partial charge in [0.2, 0.25) is 0 Å². The number of fused-ring (bicyclic) bond motifs is 1. The summed E-state index contributed by atoms with van der Waals surface area (Å²) in [4.78, 5) is 5.02. The molecule has 0 saturated carbocycles. The summed E-state index contributed by atoms with van der Waals surface area (Å²) in [5, 5.41) is 0. The Balaban J connectivity index is 1.91. The minimum absolute atomic E-state index is 0.577. The molecular weight excluding hydrogens is 320 g/mol. The van der Waals surface area contributed by atoms with Crippen LogP contribution in [0.15, 0.2) is 73.0 Å². The molecule has 0 radical (unpaired) electrons. The van der Waals surface area contributed by atoms with Gasteiger partial charge in [-0.15, -0.1) is 0 Å². The SMILES string of the molecule is C=C/C=C\C=C(/C)CCN1CCC2C(COCN2C(/C=C\C=C)=C/C)C1. The Hall–Kier alpha value is -1.84. The Labute approximate surface area is 159 Å². The fourth-order valence-electron chi connectivity index (χ4n) is 3.78. The normalized spacial score (nSPS) is 25.7. The molecule has 0 aromatic rings. The molecule has 0 amide bonds. The maximum atomic E-state index is 5.92. The van der Waals surface area contributed by atoms with Crippen molar-refractivity contribution in [3.05, 3.63) is 73.0 Å². The third-order valence-electron chi connectivity index (χ3n) is 5.22. The Bertz CT molecular complexity index is 585. The zero-order chi connectivity index (χ0) is 18.8. The van der Waals surface area contributed by atoms with Crippen LogP contribution in [0.3, 0.4) is 0 Å². The van der Waals surface area contributed by atoms with Gasteiger partial charge in [0.1, 0.15) is 6.73 Å². The topological polar surface area (TPSA) is 15.7 Å². The summed E-state index contributed by atoms with van der Waals surface area (Å²) in [6.07, 6.45) is 18.5. The van der Waals surface area contributed by atoms with E-state index < -0.39 is 0 Å². The predicted octanol–water partition coefficient (Wildman–Crippen LogP) is 4.69. The zero-order valence-corrected chi connectivity index (χ0v) is 16.4. The first kappa shape index (κ1) is 20.5. The monoisotopic (exact) mass is 354 g/mol. The lowest BCUT2D eigenvalue weighted by atomic mass is 9.89. The van der Waals surface area contributed by atoms with Crippen molar-refractivity contribution in [2.24, 2.45) is 5.92 Å². The van der Waals surface area contributed by atoms with E-state index in [1.54, 1.807) is 0 Å². The number of hydrogen-bond acceptors (Lipinski definition) is 3. The molecule has 2 fully saturated rings. The first-order valence-electron chi connectivity index (χ1n) is 9.66. The van der Waals surface area contributed by atoms with Crippen LogP contribution >= 0.6 is 0 Å². The average Bonchev–Trinajstić information content (AvgIpc) is 2.67. The third-order valence-corrected chi connectivity index (χ3v) is 5.22. The average molecular weight is 355 g/mol. The highest BCUT2D eigenvalue weighted by Crippen LogP contribution is 2.30. The number of piperidine rings is 1. The summed E-state index contributed by atoms with van der Waals surface area (Å²) in [6.45, 7) is 16.8. The fourth-order valence-corrected chi connectivity index (χ4v) is 3.78. The summed E-state index contributed by atoms with van der Waals surface area (Å²) in [6, 6.07) is 0.577. The van der Waals surface area contributed by atoms with Gasteiger partial charge in [-0.3, -0.25) is 0 Å². The highest BCUT2D eigenvalue weighted by Gasteiger charge is 2.36. The molecule has 26 heavy (non-hydrogen) atoms. The summed E-state index contributed by atoms with van der Waals surface area (Å²) < 4.78 is 5.92. The molecule has 0 N–H and O–H groups in total. The molecule has 2 aliphatic heterocycles. The van der Waals surface area contributed by atoms with E-state index in [-0.39, 0.29) is 0 Å². The number of nitrogens with zero attached hydrogens (tertiary/aromatic N) is 2. The molecule has 0 bridgehead atoms. The van der Waals surface area contributed by atoms with Gasteiger partial charge >= 0.3 is 0 Å². The van der Waals surface area contributed by atoms with Crippen molar-refractivity contribution in [2.45, 2.75) is 32.7 Å². The molecule has 2 aliphatic rings. The lowest BCUT2D eigenvalue weighted by Gasteiger charge is -2.48. The molecule has 142 valence electrons. The van der Waals surface area contributed by atoms with Crippen molar-refractivity contribution >= 4 is 0 Å². The summed E-state index contributed by atoms with van der Waals surface area (Å²) >= 11 is 0. The lowest BCUT2D eigenvalue weighted by molar-refractivity contribution is -0.0896. The van der Waals surface area contributed by atoms with Crippen LogP contribution in [0.1, 0.15) is 26.7 Å². The summed E-state index contributed by atoms with van der Waals surface area (Å²) in [7, 11) is 0. The third kappa shape index (κ3) is 5.86. The molecule has 3 nitrogen and oxygen atoms in total. The fraction of sp³-hybridized carbons (Fsp3) is 0.478. The number of likely N-dealkylation sites (tertiary alicyclic amines) is 1. The molecule has 2 heterocycles. The van der Waals surface area contributed by atoms with Crippen LogP contribution in [0.5, 0.6) is 0 Å². The maximum absolute atomic E-state index is 5.92. The van der Waals surface area contributed by atoms with E-state index in [0.29, 0.717) is 18.7 Å². The molecule has 0 spiro atoms. The second kappa shape index (κ2) is 11.0. The summed E-state index contributed by atoms with van der Waals surface area (Å²) in [5.74, 6) is 0.578. The van der Waals surface area contributed by atoms with Gasteiger partial charge in [-0.25, -0.2) is 0 Å². The van der Waals surface area contributed by atoms with E-state index in [2.05, 4.69) is 61.1 Å². The van der Waals surface area contributed by atoms with Crippen LogP contribution in [0, 0.1) is 5.92 Å². The van der Waals surface area contributed by atoms with Gasteiger partial charge in [0, 0.05) is 37.3 Å². The smallest absolute Gasteiger partial charge is 0.119 e. The van der Waals surface area contributed by atoms with Crippen LogP contribution in [0.4, 0.5) is 0 Å². The largest absolute Gasteiger partial charge is 0.361 e. The minimum atomic E-state index is 0.577. The number of hydrogen-bond donors (Lipinski definition) is 0. The maximum Gasteiger partial charge on any atom is 0.119 e. The molecule has 0 aromatic heterocycles. The molecule has 0 aliphatic carbocycles. The molecule has 3 heteroatoms. The second-order valence-corrected chi connectivity index (χ2v) is 7.08. The van der Waals surface area contributed by atoms with Crippen molar-refractivity contribution in [2.75, 3.05) is 33.0 Å². The summed E-state index contributed by atoms with van der Waals surface area (Å²) in [5.41, 5.74) is 2.65. The molecule has 2 saturated heterocycles. The first-order chi connectivity index (χ1) is 12.7. The molecule has 2 atom stereocenters. The van der Waals surface area contributed by atoms with E-state index in [4.69, 9.17) is 4.74 Å². The van der Waals surface area contributed by atoms with E-state index in [1.165, 1.54) is 17.7 Å². The van der Waals surface area contributed by atoms with Crippen molar-refractivity contribution in [3.63, 3.8) is 0 Å². The molecule has 2 rings (SSSR count). The Morgan fingerprint density at radius 3 is 2.73 bits per heavy atom. The van der Waals surface area contributed by atoms with Gasteiger partial charge in [0.05, 0.1) is 6.61 Å². The number of allylic oxidation sites excluding steroid dienone is 8. The van der Waals surface area contributed by atoms with Crippen LogP contribution in [-0.2, 0) is 4.74 Å². The second-order valence-electron chi connectivity index (χ2n) is 7.08. The van der Waals surface area contributed by atoms with E-state index >= 15 is 0 Å². The van der Waals surface area contributed by atoms with Gasteiger partial charge < -0.3 is 14.5 Å². The van der Waals surface area contributed by atoms with Crippen molar-refractivity contribution in [3.8, 4) is 0 Å². The van der Waals surface area contributed by atoms with Gasteiger partial charge in [0.25, 0.3) is 0 Å². The van der Waals surface area contributed by atoms with Crippen LogP contribution in [-0.4, -0.2) is 48.8 Å². The van der Waals surface area contributed by atoms with Crippen molar-refractivity contribution in [1.29, 1.82) is 0 Å². The highest BCUT2D eigenvalue weighted by atomic mass is 16.5.